The van der Waals surface area contributed by atoms with Crippen molar-refractivity contribution in [3.63, 3.8) is 0 Å². The minimum Gasteiger partial charge on any atom is -0.487 e. The summed E-state index contributed by atoms with van der Waals surface area (Å²) in [6, 6.07) is 4.83. The van der Waals surface area contributed by atoms with Gasteiger partial charge in [-0.3, -0.25) is 10.1 Å². The molecule has 4 aromatic rings. The largest absolute Gasteiger partial charge is 0.487 e. The number of ether oxygens (including phenoxy) is 1. The number of amides is 1. The van der Waals surface area contributed by atoms with Crippen LogP contribution in [-0.2, 0) is 6.61 Å². The second kappa shape index (κ2) is 8.27. The molecule has 0 aliphatic rings. The Morgan fingerprint density at radius 3 is 2.73 bits per heavy atom. The molecule has 0 spiro atoms. The van der Waals surface area contributed by atoms with Crippen LogP contribution in [0.25, 0.3) is 10.2 Å². The van der Waals surface area contributed by atoms with Crippen molar-refractivity contribution in [2.75, 3.05) is 5.32 Å². The van der Waals surface area contributed by atoms with Crippen molar-refractivity contribution in [1.82, 2.24) is 9.97 Å². The molecule has 154 valence electrons. The molecule has 0 unspecified atom stereocenters. The van der Waals surface area contributed by atoms with Gasteiger partial charge in [0.1, 0.15) is 23.6 Å². The number of carboxylic acids is 1. The number of rotatable bonds is 6. The smallest absolute Gasteiger partial charge is 0.335 e. The second-order valence-electron chi connectivity index (χ2n) is 6.27. The van der Waals surface area contributed by atoms with E-state index in [9.17, 15) is 14.7 Å². The van der Waals surface area contributed by atoms with Crippen LogP contribution in [0.5, 0.6) is 5.75 Å². The number of benzene rings is 1. The highest BCUT2D eigenvalue weighted by Crippen LogP contribution is 2.35. The maximum absolute atomic E-state index is 12.6. The summed E-state index contributed by atoms with van der Waals surface area (Å²) in [4.78, 5) is 31.3. The maximum atomic E-state index is 12.6. The van der Waals surface area contributed by atoms with Crippen LogP contribution in [0.15, 0.2) is 29.0 Å². The summed E-state index contributed by atoms with van der Waals surface area (Å²) >= 11 is 14.8. The number of carbonyl (C=O) groups is 2. The quantitative estimate of drug-likeness (QED) is 0.321. The molecule has 0 saturated heterocycles. The van der Waals surface area contributed by atoms with E-state index in [0.29, 0.717) is 21.7 Å². The number of aromatic nitrogens is 2. The number of carbonyl (C=O) groups excluding carboxylic acids is 1. The average molecular weight is 482 g/mol. The molecule has 3 heterocycles. The number of hydrogen-bond acceptors (Lipinski definition) is 6. The third kappa shape index (κ3) is 4.01. The van der Waals surface area contributed by atoms with Crippen molar-refractivity contribution in [2.45, 2.75) is 13.5 Å². The SMILES string of the molecule is Cc1[nH]c(C(=O)Nc2nc3c(OCc4ccsc4)cc(C(=O)O)cc3s2)c(Cl)c1Cl. The zero-order valence-corrected chi connectivity index (χ0v) is 18.4. The number of thiazole rings is 1. The van der Waals surface area contributed by atoms with Gasteiger partial charge >= 0.3 is 5.97 Å². The molecule has 7 nitrogen and oxygen atoms in total. The molecule has 3 aromatic heterocycles. The van der Waals surface area contributed by atoms with Crippen LogP contribution in [0.1, 0.15) is 32.1 Å². The Balaban J connectivity index is 1.66. The first-order valence-electron chi connectivity index (χ1n) is 8.50. The molecule has 11 heteroatoms. The molecule has 0 aliphatic carbocycles. The normalized spacial score (nSPS) is 11.0. The lowest BCUT2D eigenvalue weighted by molar-refractivity contribution is 0.0696. The molecule has 30 heavy (non-hydrogen) atoms. The minimum absolute atomic E-state index is 0.0687. The van der Waals surface area contributed by atoms with Gasteiger partial charge in [0.05, 0.1) is 20.3 Å². The summed E-state index contributed by atoms with van der Waals surface area (Å²) in [5.41, 5.74) is 2.19. The fraction of sp³-hybridized carbons (Fsp3) is 0.105. The molecule has 0 atom stereocenters. The number of halogens is 2. The first-order valence-corrected chi connectivity index (χ1v) is 11.0. The van der Waals surface area contributed by atoms with E-state index in [4.69, 9.17) is 27.9 Å². The molecule has 0 aliphatic heterocycles. The van der Waals surface area contributed by atoms with Crippen LogP contribution in [-0.4, -0.2) is 27.0 Å². The first-order chi connectivity index (χ1) is 14.3. The molecular weight excluding hydrogens is 469 g/mol. The van der Waals surface area contributed by atoms with Crippen LogP contribution in [0.4, 0.5) is 5.13 Å². The maximum Gasteiger partial charge on any atom is 0.335 e. The van der Waals surface area contributed by atoms with E-state index in [0.717, 1.165) is 16.9 Å². The van der Waals surface area contributed by atoms with Crippen molar-refractivity contribution < 1.29 is 19.4 Å². The Bertz CT molecular complexity index is 1260. The number of carboxylic acid groups (broad SMARTS) is 1. The molecule has 0 saturated carbocycles. The van der Waals surface area contributed by atoms with E-state index in [-0.39, 0.29) is 33.0 Å². The summed E-state index contributed by atoms with van der Waals surface area (Å²) < 4.78 is 6.39. The van der Waals surface area contributed by atoms with Gasteiger partial charge in [0, 0.05) is 5.69 Å². The highest BCUT2D eigenvalue weighted by Gasteiger charge is 2.21. The number of aromatic amines is 1. The number of anilines is 1. The summed E-state index contributed by atoms with van der Waals surface area (Å²) in [5, 5.41) is 16.6. The molecule has 0 fully saturated rings. The van der Waals surface area contributed by atoms with Crippen LogP contribution >= 0.6 is 45.9 Å². The Kier molecular flexibility index (Phi) is 5.70. The zero-order valence-electron chi connectivity index (χ0n) is 15.3. The van der Waals surface area contributed by atoms with Gasteiger partial charge in [0.2, 0.25) is 0 Å². The lowest BCUT2D eigenvalue weighted by atomic mass is 10.2. The van der Waals surface area contributed by atoms with E-state index in [1.165, 1.54) is 12.1 Å². The lowest BCUT2D eigenvalue weighted by Crippen LogP contribution is -2.12. The third-order valence-electron chi connectivity index (χ3n) is 4.18. The minimum atomic E-state index is -1.08. The van der Waals surface area contributed by atoms with Gasteiger partial charge in [0.15, 0.2) is 5.13 Å². The molecule has 1 amide bonds. The van der Waals surface area contributed by atoms with Gasteiger partial charge < -0.3 is 14.8 Å². The number of fused-ring (bicyclic) bond motifs is 1. The summed E-state index contributed by atoms with van der Waals surface area (Å²) in [6.45, 7) is 1.98. The van der Waals surface area contributed by atoms with Gasteiger partial charge in [-0.2, -0.15) is 11.3 Å². The zero-order chi connectivity index (χ0) is 21.4. The van der Waals surface area contributed by atoms with E-state index in [2.05, 4.69) is 15.3 Å². The Morgan fingerprint density at radius 2 is 2.10 bits per heavy atom. The van der Waals surface area contributed by atoms with Crippen molar-refractivity contribution in [3.05, 3.63) is 61.5 Å². The number of H-pyrrole nitrogens is 1. The van der Waals surface area contributed by atoms with Crippen molar-refractivity contribution in [2.24, 2.45) is 0 Å². The van der Waals surface area contributed by atoms with Crippen LogP contribution < -0.4 is 10.1 Å². The number of hydrogen-bond donors (Lipinski definition) is 3. The standard InChI is InChI=1S/C19H13Cl2N3O4S2/c1-8-13(20)14(21)16(22-8)17(25)24-19-23-15-11(28-6-9-2-3-29-7-9)4-10(18(26)27)5-12(15)30-19/h2-5,7,22H,6H2,1H3,(H,26,27)(H,23,24,25). The molecular formula is C19H13Cl2N3O4S2. The molecule has 4 rings (SSSR count). The van der Waals surface area contributed by atoms with E-state index >= 15 is 0 Å². The first kappa shape index (κ1) is 20.7. The van der Waals surface area contributed by atoms with E-state index < -0.39 is 11.9 Å². The predicted octanol–water partition coefficient (Wildman–Crippen LogP) is 5.83. The predicted molar refractivity (Wildman–Crippen MR) is 119 cm³/mol. The van der Waals surface area contributed by atoms with Gasteiger partial charge in [-0.25, -0.2) is 9.78 Å². The van der Waals surface area contributed by atoms with E-state index in [1.807, 2.05) is 16.8 Å². The highest BCUT2D eigenvalue weighted by molar-refractivity contribution is 7.22. The fourth-order valence-corrected chi connectivity index (χ4v) is 4.70. The number of aryl methyl sites for hydroxylation is 1. The van der Waals surface area contributed by atoms with E-state index in [1.54, 1.807) is 18.3 Å². The Labute approximate surface area is 188 Å². The summed E-state index contributed by atoms with van der Waals surface area (Å²) in [5.74, 6) is -1.27. The topological polar surface area (TPSA) is 104 Å². The number of aromatic carboxylic acids is 1. The van der Waals surface area contributed by atoms with Crippen molar-refractivity contribution in [1.29, 1.82) is 0 Å². The van der Waals surface area contributed by atoms with Crippen molar-refractivity contribution >= 4 is 73.1 Å². The Hall–Kier alpha value is -2.59. The highest BCUT2D eigenvalue weighted by atomic mass is 35.5. The van der Waals surface area contributed by atoms with Crippen molar-refractivity contribution in [3.8, 4) is 5.75 Å². The van der Waals surface area contributed by atoms with Crippen LogP contribution in [0, 0.1) is 6.92 Å². The van der Waals surface area contributed by atoms with Gasteiger partial charge in [-0.15, -0.1) is 0 Å². The molecule has 0 radical (unpaired) electrons. The number of nitrogens with one attached hydrogen (secondary N) is 2. The number of thiophene rings is 1. The van der Waals surface area contributed by atoms with Crippen LogP contribution in [0.3, 0.4) is 0 Å². The molecule has 0 bridgehead atoms. The van der Waals surface area contributed by atoms with Gasteiger partial charge in [-0.05, 0) is 41.4 Å². The summed E-state index contributed by atoms with van der Waals surface area (Å²) in [7, 11) is 0. The van der Waals surface area contributed by atoms with Gasteiger partial charge in [0.25, 0.3) is 5.91 Å². The molecule has 1 aromatic carbocycles. The molecule has 3 N–H and O–H groups in total. The monoisotopic (exact) mass is 481 g/mol. The number of nitrogens with zero attached hydrogens (tertiary/aromatic N) is 1. The lowest BCUT2D eigenvalue weighted by Gasteiger charge is -2.07. The fourth-order valence-electron chi connectivity index (χ4n) is 2.71. The van der Waals surface area contributed by atoms with Gasteiger partial charge in [-0.1, -0.05) is 34.5 Å². The van der Waals surface area contributed by atoms with Crippen LogP contribution in [0.2, 0.25) is 10.0 Å². The summed E-state index contributed by atoms with van der Waals surface area (Å²) in [6.07, 6.45) is 0. The average Bonchev–Trinajstić information content (AvgIpc) is 3.42. The Morgan fingerprint density at radius 1 is 1.30 bits per heavy atom. The second-order valence-corrected chi connectivity index (χ2v) is 8.84. The third-order valence-corrected chi connectivity index (χ3v) is 6.78.